The Kier molecular flexibility index (Phi) is 5.42. The second-order valence-electron chi connectivity index (χ2n) is 6.54. The number of piperazine rings is 1. The Morgan fingerprint density at radius 3 is 2.26 bits per heavy atom. The number of aryl methyl sites for hydroxylation is 1. The van der Waals surface area contributed by atoms with Crippen molar-refractivity contribution in [1.29, 1.82) is 0 Å². The maximum atomic E-state index is 12.3. The lowest BCUT2D eigenvalue weighted by Gasteiger charge is -2.35. The zero-order chi connectivity index (χ0) is 19.6. The molecule has 0 aliphatic carbocycles. The van der Waals surface area contributed by atoms with E-state index in [1.54, 1.807) is 9.58 Å². The molecule has 0 atom stereocenters. The molecule has 27 heavy (non-hydrogen) atoms. The summed E-state index contributed by atoms with van der Waals surface area (Å²) >= 11 is 0. The molecule has 0 N–H and O–H groups in total. The lowest BCUT2D eigenvalue weighted by atomic mass is 10.3. The van der Waals surface area contributed by atoms with Crippen LogP contribution in [0.1, 0.15) is 5.69 Å². The van der Waals surface area contributed by atoms with Crippen molar-refractivity contribution >= 4 is 21.7 Å². The molecule has 0 unspecified atom stereocenters. The number of carbonyl (C=O) groups is 1. The Morgan fingerprint density at radius 1 is 1.11 bits per heavy atom. The van der Waals surface area contributed by atoms with E-state index >= 15 is 0 Å². The Bertz CT molecular complexity index is 902. The highest BCUT2D eigenvalue weighted by Crippen LogP contribution is 2.14. The fourth-order valence-corrected chi connectivity index (χ4v) is 3.09. The van der Waals surface area contributed by atoms with E-state index in [0.717, 1.165) is 22.1 Å². The smallest absolute Gasteiger partial charge is 0.238 e. The van der Waals surface area contributed by atoms with Crippen molar-refractivity contribution in [3.63, 3.8) is 0 Å². The molecule has 2 aromatic heterocycles. The van der Waals surface area contributed by atoms with Gasteiger partial charge in [0.15, 0.2) is 11.6 Å². The molecule has 3 heterocycles. The highest BCUT2D eigenvalue weighted by Gasteiger charge is 2.24. The summed E-state index contributed by atoms with van der Waals surface area (Å²) in [5.41, 5.74) is 0.906. The van der Waals surface area contributed by atoms with Crippen LogP contribution in [0, 0.1) is 6.92 Å². The van der Waals surface area contributed by atoms with Crippen LogP contribution in [-0.4, -0.2) is 89.5 Å². The molecular formula is C16H23N7O3S. The highest BCUT2D eigenvalue weighted by atomic mass is 32.2. The van der Waals surface area contributed by atoms with E-state index in [1.807, 2.05) is 31.3 Å². The first-order valence-corrected chi connectivity index (χ1v) is 10.4. The van der Waals surface area contributed by atoms with Crippen LogP contribution >= 0.6 is 0 Å². The molecule has 146 valence electrons. The molecule has 1 aliphatic rings. The largest absolute Gasteiger partial charge is 0.352 e. The van der Waals surface area contributed by atoms with Gasteiger partial charge in [-0.05, 0) is 25.1 Å². The highest BCUT2D eigenvalue weighted by molar-refractivity contribution is 7.88. The van der Waals surface area contributed by atoms with Crippen LogP contribution in [0.3, 0.4) is 0 Å². The van der Waals surface area contributed by atoms with Gasteiger partial charge in [-0.1, -0.05) is 0 Å². The van der Waals surface area contributed by atoms with Crippen LogP contribution in [-0.2, 0) is 14.8 Å². The zero-order valence-electron chi connectivity index (χ0n) is 15.6. The topological polar surface area (TPSA) is 105 Å². The van der Waals surface area contributed by atoms with Crippen LogP contribution in [0.2, 0.25) is 0 Å². The summed E-state index contributed by atoms with van der Waals surface area (Å²) in [6, 6.07) is 5.63. The van der Waals surface area contributed by atoms with Crippen molar-refractivity contribution in [1.82, 2.24) is 29.2 Å². The van der Waals surface area contributed by atoms with E-state index in [-0.39, 0.29) is 12.5 Å². The van der Waals surface area contributed by atoms with Gasteiger partial charge in [-0.2, -0.15) is 9.40 Å². The third kappa shape index (κ3) is 4.61. The number of hydrogen-bond acceptors (Lipinski definition) is 7. The van der Waals surface area contributed by atoms with Crippen LogP contribution in [0.5, 0.6) is 0 Å². The molecular weight excluding hydrogens is 370 g/mol. The first kappa shape index (κ1) is 19.2. The minimum atomic E-state index is -3.37. The maximum absolute atomic E-state index is 12.3. The molecule has 1 fully saturated rings. The van der Waals surface area contributed by atoms with E-state index in [0.29, 0.717) is 32.0 Å². The fourth-order valence-electron chi connectivity index (χ4n) is 2.74. The molecule has 0 radical (unpaired) electrons. The predicted octanol–water partition coefficient (Wildman–Crippen LogP) is -0.489. The zero-order valence-corrected chi connectivity index (χ0v) is 16.4. The van der Waals surface area contributed by atoms with E-state index in [4.69, 9.17) is 0 Å². The van der Waals surface area contributed by atoms with Gasteiger partial charge in [-0.25, -0.2) is 13.1 Å². The van der Waals surface area contributed by atoms with Gasteiger partial charge in [-0.3, -0.25) is 4.79 Å². The Hall–Kier alpha value is -2.53. The van der Waals surface area contributed by atoms with Crippen molar-refractivity contribution in [3.05, 3.63) is 30.1 Å². The molecule has 10 nitrogen and oxygen atoms in total. The predicted molar refractivity (Wildman–Crippen MR) is 100 cm³/mol. The average molecular weight is 393 g/mol. The molecule has 11 heteroatoms. The normalized spacial score (nSPS) is 15.4. The number of likely N-dealkylation sites (N-methyl/N-ethyl adjacent to an activating group) is 1. The number of aromatic nitrogens is 4. The van der Waals surface area contributed by atoms with Crippen molar-refractivity contribution in [2.45, 2.75) is 6.92 Å². The molecule has 3 rings (SSSR count). The summed E-state index contributed by atoms with van der Waals surface area (Å²) in [4.78, 5) is 16.0. The van der Waals surface area contributed by atoms with E-state index in [2.05, 4.69) is 20.2 Å². The van der Waals surface area contributed by atoms with Gasteiger partial charge >= 0.3 is 0 Å². The summed E-state index contributed by atoms with van der Waals surface area (Å²) < 4.78 is 25.6. The third-order valence-electron chi connectivity index (χ3n) is 4.47. The number of hydrogen-bond donors (Lipinski definition) is 0. The van der Waals surface area contributed by atoms with E-state index in [9.17, 15) is 13.2 Å². The Balaban J connectivity index is 1.57. The molecule has 0 saturated carbocycles. The average Bonchev–Trinajstić information content (AvgIpc) is 3.07. The van der Waals surface area contributed by atoms with Crippen molar-refractivity contribution in [3.8, 4) is 5.82 Å². The molecule has 1 amide bonds. The number of anilines is 1. The lowest BCUT2D eigenvalue weighted by molar-refractivity contribution is -0.131. The van der Waals surface area contributed by atoms with Gasteiger partial charge in [0.05, 0.1) is 18.5 Å². The number of nitrogens with zero attached hydrogens (tertiary/aromatic N) is 7. The molecule has 0 aromatic carbocycles. The third-order valence-corrected chi connectivity index (χ3v) is 5.74. The Labute approximate surface area is 158 Å². The second kappa shape index (κ2) is 7.61. The van der Waals surface area contributed by atoms with Crippen LogP contribution in [0.15, 0.2) is 24.4 Å². The van der Waals surface area contributed by atoms with Crippen LogP contribution in [0.4, 0.5) is 5.82 Å². The molecule has 0 bridgehead atoms. The van der Waals surface area contributed by atoms with Gasteiger partial charge < -0.3 is 9.80 Å². The maximum Gasteiger partial charge on any atom is 0.238 e. The van der Waals surface area contributed by atoms with Gasteiger partial charge in [0, 0.05) is 39.4 Å². The molecule has 2 aromatic rings. The fraction of sp³-hybridized carbons (Fsp3) is 0.500. The van der Waals surface area contributed by atoms with Crippen molar-refractivity contribution < 1.29 is 13.2 Å². The number of amides is 1. The number of rotatable bonds is 5. The summed E-state index contributed by atoms with van der Waals surface area (Å²) in [6.45, 7) is 4.02. The van der Waals surface area contributed by atoms with Gasteiger partial charge in [0.1, 0.15) is 0 Å². The van der Waals surface area contributed by atoms with Gasteiger partial charge in [0.25, 0.3) is 0 Å². The van der Waals surface area contributed by atoms with Gasteiger partial charge in [-0.15, -0.1) is 10.2 Å². The number of sulfonamides is 1. The molecule has 0 spiro atoms. The van der Waals surface area contributed by atoms with Gasteiger partial charge in [0.2, 0.25) is 15.9 Å². The van der Waals surface area contributed by atoms with Crippen molar-refractivity contribution in [2.75, 3.05) is 50.9 Å². The first-order valence-electron chi connectivity index (χ1n) is 8.54. The Morgan fingerprint density at radius 2 is 1.74 bits per heavy atom. The van der Waals surface area contributed by atoms with Crippen LogP contribution < -0.4 is 4.90 Å². The van der Waals surface area contributed by atoms with E-state index in [1.165, 1.54) is 7.05 Å². The van der Waals surface area contributed by atoms with E-state index < -0.39 is 10.0 Å². The van der Waals surface area contributed by atoms with Crippen LogP contribution in [0.25, 0.3) is 5.82 Å². The standard InChI is InChI=1S/C16H23N7O3S/c1-13-6-7-23(19-13)15-5-4-14(17-18-15)21-8-10-22(11-9-21)16(24)12-20(2)27(3,25)26/h4-7H,8-12H2,1-3H3. The second-order valence-corrected chi connectivity index (χ2v) is 8.63. The summed E-state index contributed by atoms with van der Waals surface area (Å²) in [6.07, 6.45) is 2.92. The minimum Gasteiger partial charge on any atom is -0.352 e. The molecule has 1 saturated heterocycles. The summed E-state index contributed by atoms with van der Waals surface area (Å²) in [7, 11) is -1.96. The minimum absolute atomic E-state index is 0.142. The number of carbonyl (C=O) groups excluding carboxylic acids is 1. The molecule has 1 aliphatic heterocycles. The monoisotopic (exact) mass is 393 g/mol. The summed E-state index contributed by atoms with van der Waals surface area (Å²) in [5, 5.41) is 12.8. The van der Waals surface area contributed by atoms with Crippen molar-refractivity contribution in [2.24, 2.45) is 0 Å². The SMILES string of the molecule is Cc1ccn(-c2ccc(N3CCN(C(=O)CN(C)S(C)(=O)=O)CC3)nn2)n1. The summed E-state index contributed by atoms with van der Waals surface area (Å²) in [5.74, 6) is 1.19. The lowest BCUT2D eigenvalue weighted by Crippen LogP contribution is -2.51. The first-order chi connectivity index (χ1) is 12.7. The quantitative estimate of drug-likeness (QED) is 0.675.